The van der Waals surface area contributed by atoms with Crippen LogP contribution in [0.25, 0.3) is 117 Å². The van der Waals surface area contributed by atoms with Crippen molar-refractivity contribution in [3.8, 4) is 73.2 Å². The summed E-state index contributed by atoms with van der Waals surface area (Å²) in [5.74, 6) is 1.82. The van der Waals surface area contributed by atoms with Gasteiger partial charge in [0, 0.05) is 32.8 Å². The van der Waals surface area contributed by atoms with Crippen LogP contribution in [0.5, 0.6) is 0 Å². The summed E-state index contributed by atoms with van der Waals surface area (Å²) in [6.07, 6.45) is 0. The van der Waals surface area contributed by atoms with Gasteiger partial charge in [-0.3, -0.25) is 0 Å². The fraction of sp³-hybridized carbons (Fsp3) is 0. The highest BCUT2D eigenvalue weighted by molar-refractivity contribution is 6.14. The van der Waals surface area contributed by atoms with Gasteiger partial charge >= 0.3 is 0 Å². The number of furan rings is 1. The fourth-order valence-electron chi connectivity index (χ4n) is 8.81. The topological polar surface area (TPSA) is 56.7 Å². The summed E-state index contributed by atoms with van der Waals surface area (Å²) in [5.41, 5.74) is 14.6. The maximum atomic E-state index is 6.36. The fourth-order valence-corrected chi connectivity index (χ4v) is 8.81. The van der Waals surface area contributed by atoms with Crippen molar-refractivity contribution in [3.63, 3.8) is 0 Å². The zero-order valence-electron chi connectivity index (χ0n) is 33.5. The quantitative estimate of drug-likeness (QED) is 0.161. The lowest BCUT2D eigenvalue weighted by molar-refractivity contribution is 0.669. The van der Waals surface area contributed by atoms with Crippen LogP contribution in [0.1, 0.15) is 0 Å². The SMILES string of the molecule is c1ccc(-c2ccc(-c3ccc(-c4nc(-c5ccc(-c6ccccc6)cc5)nc(-c5ccc6c7ccccc7n(-c7cccc8oc9ccccc9c78)c6c5)n4)cc3)cc2)cc1. The standard InChI is InChI=1S/C57H36N4O/c1-3-12-37(13-4-1)39-22-24-41(25-23-39)42-28-32-44(33-29-42)56-58-55(43-30-26-40(27-31-43)38-14-5-2-6-15-38)59-57(60-56)45-34-35-47-46-16-7-9-18-49(46)61(51(47)36-45)50-19-11-21-53-54(50)48-17-8-10-20-52(48)62-53/h1-36H. The Morgan fingerprint density at radius 1 is 0.290 bits per heavy atom. The summed E-state index contributed by atoms with van der Waals surface area (Å²) >= 11 is 0. The molecule has 62 heavy (non-hydrogen) atoms. The lowest BCUT2D eigenvalue weighted by atomic mass is 9.99. The van der Waals surface area contributed by atoms with Crippen molar-refractivity contribution >= 4 is 43.7 Å². The van der Waals surface area contributed by atoms with Crippen LogP contribution in [0.4, 0.5) is 0 Å². The summed E-state index contributed by atoms with van der Waals surface area (Å²) in [6, 6.07) is 76.3. The second-order valence-electron chi connectivity index (χ2n) is 15.6. The molecule has 0 saturated heterocycles. The number of fused-ring (bicyclic) bond motifs is 6. The molecule has 0 N–H and O–H groups in total. The van der Waals surface area contributed by atoms with Gasteiger partial charge in [0.2, 0.25) is 0 Å². The third kappa shape index (κ3) is 6.14. The summed E-state index contributed by atoms with van der Waals surface area (Å²) < 4.78 is 8.72. The van der Waals surface area contributed by atoms with Crippen molar-refractivity contribution < 1.29 is 4.42 Å². The van der Waals surface area contributed by atoms with Crippen LogP contribution in [0, 0.1) is 0 Å². The average molecular weight is 793 g/mol. The zero-order valence-corrected chi connectivity index (χ0v) is 33.5. The number of nitrogens with zero attached hydrogens (tertiary/aromatic N) is 4. The molecule has 0 aliphatic heterocycles. The first-order valence-corrected chi connectivity index (χ1v) is 20.8. The molecule has 12 rings (SSSR count). The van der Waals surface area contributed by atoms with E-state index in [1.807, 2.05) is 30.3 Å². The van der Waals surface area contributed by atoms with Gasteiger partial charge in [0.15, 0.2) is 17.5 Å². The number of aromatic nitrogens is 4. The monoisotopic (exact) mass is 792 g/mol. The van der Waals surface area contributed by atoms with E-state index in [0.29, 0.717) is 17.5 Å². The normalized spacial score (nSPS) is 11.5. The molecule has 5 heteroatoms. The van der Waals surface area contributed by atoms with Crippen LogP contribution >= 0.6 is 0 Å². The van der Waals surface area contributed by atoms with Gasteiger partial charge in [-0.1, -0.05) is 188 Å². The van der Waals surface area contributed by atoms with E-state index in [0.717, 1.165) is 83.0 Å². The molecule has 9 aromatic carbocycles. The molecule has 0 aliphatic carbocycles. The summed E-state index contributed by atoms with van der Waals surface area (Å²) in [6.45, 7) is 0. The van der Waals surface area contributed by atoms with E-state index in [1.165, 1.54) is 16.5 Å². The second kappa shape index (κ2) is 14.7. The Kier molecular flexibility index (Phi) is 8.42. The molecule has 0 radical (unpaired) electrons. The van der Waals surface area contributed by atoms with E-state index in [-0.39, 0.29) is 0 Å². The van der Waals surface area contributed by atoms with E-state index in [9.17, 15) is 0 Å². The molecule has 0 aliphatic rings. The third-order valence-electron chi connectivity index (χ3n) is 11.9. The van der Waals surface area contributed by atoms with Crippen LogP contribution in [0.15, 0.2) is 223 Å². The number of hydrogen-bond donors (Lipinski definition) is 0. The minimum Gasteiger partial charge on any atom is -0.456 e. The summed E-state index contributed by atoms with van der Waals surface area (Å²) in [7, 11) is 0. The minimum atomic E-state index is 0.600. The van der Waals surface area contributed by atoms with Crippen LogP contribution in [-0.4, -0.2) is 19.5 Å². The molecule has 12 aromatic rings. The van der Waals surface area contributed by atoms with Crippen molar-refractivity contribution in [3.05, 3.63) is 218 Å². The maximum Gasteiger partial charge on any atom is 0.164 e. The van der Waals surface area contributed by atoms with E-state index in [1.54, 1.807) is 0 Å². The van der Waals surface area contributed by atoms with Crippen molar-refractivity contribution in [2.75, 3.05) is 0 Å². The Labute approximate surface area is 357 Å². The molecule has 3 aromatic heterocycles. The van der Waals surface area contributed by atoms with Crippen molar-refractivity contribution in [2.24, 2.45) is 0 Å². The van der Waals surface area contributed by atoms with Gasteiger partial charge < -0.3 is 8.98 Å². The smallest absolute Gasteiger partial charge is 0.164 e. The van der Waals surface area contributed by atoms with Crippen molar-refractivity contribution in [2.45, 2.75) is 0 Å². The first-order valence-electron chi connectivity index (χ1n) is 20.8. The average Bonchev–Trinajstić information content (AvgIpc) is 3.90. The molecule has 0 unspecified atom stereocenters. The van der Waals surface area contributed by atoms with Gasteiger partial charge in [-0.15, -0.1) is 0 Å². The molecule has 0 spiro atoms. The van der Waals surface area contributed by atoms with Gasteiger partial charge in [0.05, 0.1) is 22.1 Å². The summed E-state index contributed by atoms with van der Waals surface area (Å²) in [5, 5.41) is 4.48. The second-order valence-corrected chi connectivity index (χ2v) is 15.6. The molecular weight excluding hydrogens is 757 g/mol. The molecule has 0 amide bonds. The van der Waals surface area contributed by atoms with E-state index >= 15 is 0 Å². The first-order chi connectivity index (χ1) is 30.7. The third-order valence-corrected chi connectivity index (χ3v) is 11.9. The minimum absolute atomic E-state index is 0.600. The number of rotatable bonds is 7. The lowest BCUT2D eigenvalue weighted by Gasteiger charge is -2.12. The molecule has 0 bridgehead atoms. The van der Waals surface area contributed by atoms with Crippen LogP contribution in [-0.2, 0) is 0 Å². The molecule has 0 atom stereocenters. The van der Waals surface area contributed by atoms with E-state index in [4.69, 9.17) is 19.4 Å². The van der Waals surface area contributed by atoms with Crippen molar-refractivity contribution in [1.82, 2.24) is 19.5 Å². The van der Waals surface area contributed by atoms with Gasteiger partial charge in [-0.05, 0) is 63.7 Å². The number of para-hydroxylation sites is 2. The zero-order chi connectivity index (χ0) is 41.0. The molecule has 3 heterocycles. The Morgan fingerprint density at radius 2 is 0.710 bits per heavy atom. The largest absolute Gasteiger partial charge is 0.456 e. The molecular formula is C57H36N4O. The van der Waals surface area contributed by atoms with E-state index in [2.05, 4.69) is 193 Å². The predicted molar refractivity (Wildman–Crippen MR) is 254 cm³/mol. The number of benzene rings is 9. The Morgan fingerprint density at radius 3 is 1.29 bits per heavy atom. The van der Waals surface area contributed by atoms with Crippen LogP contribution in [0.2, 0.25) is 0 Å². The molecule has 290 valence electrons. The van der Waals surface area contributed by atoms with Crippen molar-refractivity contribution in [1.29, 1.82) is 0 Å². The highest BCUT2D eigenvalue weighted by atomic mass is 16.3. The van der Waals surface area contributed by atoms with Gasteiger partial charge in [0.1, 0.15) is 11.2 Å². The van der Waals surface area contributed by atoms with Gasteiger partial charge in [0.25, 0.3) is 0 Å². The number of hydrogen-bond acceptors (Lipinski definition) is 4. The predicted octanol–water partition coefficient (Wildman–Crippen LogP) is 14.9. The van der Waals surface area contributed by atoms with Crippen LogP contribution < -0.4 is 0 Å². The van der Waals surface area contributed by atoms with Gasteiger partial charge in [-0.25, -0.2) is 15.0 Å². The lowest BCUT2D eigenvalue weighted by Crippen LogP contribution is -2.01. The summed E-state index contributed by atoms with van der Waals surface area (Å²) in [4.78, 5) is 15.5. The Hall–Kier alpha value is -8.41. The van der Waals surface area contributed by atoms with E-state index < -0.39 is 0 Å². The maximum absolute atomic E-state index is 6.36. The Balaban J connectivity index is 0.999. The Bertz CT molecular complexity index is 3590. The molecule has 0 saturated carbocycles. The molecule has 5 nitrogen and oxygen atoms in total. The highest BCUT2D eigenvalue weighted by Gasteiger charge is 2.20. The van der Waals surface area contributed by atoms with Gasteiger partial charge in [-0.2, -0.15) is 0 Å². The highest BCUT2D eigenvalue weighted by Crippen LogP contribution is 2.40. The van der Waals surface area contributed by atoms with Crippen LogP contribution in [0.3, 0.4) is 0 Å². The molecule has 0 fully saturated rings. The first kappa shape index (κ1) is 35.5.